The molecule has 3 rings (SSSR count). The number of benzene rings is 1. The number of nitrogens with zero attached hydrogens (tertiary/aromatic N) is 2. The smallest absolute Gasteiger partial charge is 0.267 e. The molecule has 96 valence electrons. The largest absolute Gasteiger partial charge is 0.274 e. The van der Waals surface area contributed by atoms with Gasteiger partial charge in [-0.3, -0.25) is 9.78 Å². The lowest BCUT2D eigenvalue weighted by molar-refractivity contribution is 0.100. The van der Waals surface area contributed by atoms with Gasteiger partial charge in [0.2, 0.25) is 0 Å². The maximum Gasteiger partial charge on any atom is 0.274 e. The first-order valence-corrected chi connectivity index (χ1v) is 6.62. The number of rotatable bonds is 2. The number of pyridine rings is 1. The maximum absolute atomic E-state index is 12.3. The molecule has 1 aliphatic rings. The molecule has 4 heteroatoms. The monoisotopic (exact) mass is 272 g/mol. The average molecular weight is 273 g/mol. The summed E-state index contributed by atoms with van der Waals surface area (Å²) < 4.78 is 1.21. The van der Waals surface area contributed by atoms with Gasteiger partial charge in [0.1, 0.15) is 0 Å². The summed E-state index contributed by atoms with van der Waals surface area (Å²) in [5.74, 6) is -0.241. The van der Waals surface area contributed by atoms with E-state index in [1.165, 1.54) is 21.7 Å². The lowest BCUT2D eigenvalue weighted by Gasteiger charge is -2.17. The van der Waals surface area contributed by atoms with Crippen molar-refractivity contribution in [2.75, 3.05) is 4.42 Å². The first kappa shape index (κ1) is 12.2. The lowest BCUT2D eigenvalue weighted by Crippen LogP contribution is -2.22. The van der Waals surface area contributed by atoms with Crippen LogP contribution in [0.1, 0.15) is 27.9 Å². The second-order valence-electron chi connectivity index (χ2n) is 4.60. The average Bonchev–Trinajstić information content (AvgIpc) is 2.95. The summed E-state index contributed by atoms with van der Waals surface area (Å²) in [6.45, 7) is 0. The molecule has 0 bridgehead atoms. The van der Waals surface area contributed by atoms with Crippen molar-refractivity contribution in [1.82, 2.24) is 4.98 Å². The second-order valence-corrected chi connectivity index (χ2v) is 4.93. The number of amides is 1. The number of carbonyl (C=O) groups is 1. The Balaban J connectivity index is 1.95. The number of halogens is 1. The Hall–Kier alpha value is -1.87. The SMILES string of the molecule is O=C(c1cccnc1)N(Cl)c1cccc2c1CCC2. The van der Waals surface area contributed by atoms with E-state index in [4.69, 9.17) is 11.8 Å². The highest BCUT2D eigenvalue weighted by molar-refractivity contribution is 6.39. The fraction of sp³-hybridized carbons (Fsp3) is 0.200. The van der Waals surface area contributed by atoms with Gasteiger partial charge in [-0.1, -0.05) is 12.1 Å². The molecular weight excluding hydrogens is 260 g/mol. The van der Waals surface area contributed by atoms with E-state index in [1.54, 1.807) is 18.3 Å². The summed E-state index contributed by atoms with van der Waals surface area (Å²) in [6, 6.07) is 9.39. The number of hydrogen-bond acceptors (Lipinski definition) is 2. The minimum atomic E-state index is -0.241. The van der Waals surface area contributed by atoms with Crippen molar-refractivity contribution in [2.24, 2.45) is 0 Å². The van der Waals surface area contributed by atoms with E-state index in [0.29, 0.717) is 5.56 Å². The molecule has 1 aliphatic carbocycles. The van der Waals surface area contributed by atoms with Gasteiger partial charge in [-0.2, -0.15) is 0 Å². The minimum Gasteiger partial charge on any atom is -0.267 e. The summed E-state index contributed by atoms with van der Waals surface area (Å²) in [6.07, 6.45) is 6.33. The summed E-state index contributed by atoms with van der Waals surface area (Å²) >= 11 is 6.23. The predicted molar refractivity (Wildman–Crippen MR) is 75.4 cm³/mol. The van der Waals surface area contributed by atoms with Crippen LogP contribution < -0.4 is 4.42 Å². The molecule has 0 saturated carbocycles. The van der Waals surface area contributed by atoms with E-state index in [-0.39, 0.29) is 5.91 Å². The van der Waals surface area contributed by atoms with Crippen LogP contribution in [0.15, 0.2) is 42.7 Å². The quantitative estimate of drug-likeness (QED) is 0.786. The fourth-order valence-electron chi connectivity index (χ4n) is 2.50. The van der Waals surface area contributed by atoms with Crippen LogP contribution in [0.4, 0.5) is 5.69 Å². The zero-order chi connectivity index (χ0) is 13.2. The first-order valence-electron chi connectivity index (χ1n) is 6.28. The maximum atomic E-state index is 12.3. The van der Waals surface area contributed by atoms with Gasteiger partial charge in [0.25, 0.3) is 5.91 Å². The summed E-state index contributed by atoms with van der Waals surface area (Å²) in [5, 5.41) is 0. The van der Waals surface area contributed by atoms with Crippen molar-refractivity contribution >= 4 is 23.4 Å². The highest BCUT2D eigenvalue weighted by atomic mass is 35.5. The lowest BCUT2D eigenvalue weighted by atomic mass is 10.1. The number of fused-ring (bicyclic) bond motifs is 1. The van der Waals surface area contributed by atoms with Gasteiger partial charge in [0.15, 0.2) is 0 Å². The van der Waals surface area contributed by atoms with Crippen LogP contribution in [0.25, 0.3) is 0 Å². The Morgan fingerprint density at radius 1 is 1.21 bits per heavy atom. The second kappa shape index (κ2) is 5.02. The molecule has 19 heavy (non-hydrogen) atoms. The molecular formula is C15H13ClN2O. The third-order valence-corrected chi connectivity index (χ3v) is 3.76. The van der Waals surface area contributed by atoms with E-state index < -0.39 is 0 Å². The molecule has 0 unspecified atom stereocenters. The molecule has 0 saturated heterocycles. The Bertz CT molecular complexity index is 613. The van der Waals surface area contributed by atoms with Crippen molar-refractivity contribution in [2.45, 2.75) is 19.3 Å². The highest BCUT2D eigenvalue weighted by Gasteiger charge is 2.22. The molecule has 2 aromatic rings. The molecule has 1 amide bonds. The molecule has 3 nitrogen and oxygen atoms in total. The van der Waals surface area contributed by atoms with Crippen LogP contribution in [0.3, 0.4) is 0 Å². The Morgan fingerprint density at radius 2 is 2.11 bits per heavy atom. The summed E-state index contributed by atoms with van der Waals surface area (Å²) in [4.78, 5) is 16.2. The van der Waals surface area contributed by atoms with Crippen LogP contribution in [0.2, 0.25) is 0 Å². The van der Waals surface area contributed by atoms with Crippen molar-refractivity contribution in [3.8, 4) is 0 Å². The van der Waals surface area contributed by atoms with Crippen molar-refractivity contribution in [1.29, 1.82) is 0 Å². The Labute approximate surface area is 116 Å². The summed E-state index contributed by atoms with van der Waals surface area (Å²) in [5.41, 5.74) is 3.77. The van der Waals surface area contributed by atoms with Crippen LogP contribution in [-0.4, -0.2) is 10.9 Å². The molecule has 0 spiro atoms. The van der Waals surface area contributed by atoms with Crippen molar-refractivity contribution in [3.63, 3.8) is 0 Å². The third-order valence-electron chi connectivity index (χ3n) is 3.42. The van der Waals surface area contributed by atoms with E-state index in [2.05, 4.69) is 11.1 Å². The van der Waals surface area contributed by atoms with E-state index in [1.807, 2.05) is 12.1 Å². The zero-order valence-corrected chi connectivity index (χ0v) is 11.1. The third kappa shape index (κ3) is 2.22. The molecule has 0 aliphatic heterocycles. The molecule has 0 atom stereocenters. The Morgan fingerprint density at radius 3 is 2.89 bits per heavy atom. The summed E-state index contributed by atoms with van der Waals surface area (Å²) in [7, 11) is 0. The molecule has 1 aromatic heterocycles. The van der Waals surface area contributed by atoms with Gasteiger partial charge in [0.05, 0.1) is 11.3 Å². The van der Waals surface area contributed by atoms with Gasteiger partial charge < -0.3 is 0 Å². The first-order chi connectivity index (χ1) is 9.27. The predicted octanol–water partition coefficient (Wildman–Crippen LogP) is 3.37. The Kier molecular flexibility index (Phi) is 3.22. The number of aromatic nitrogens is 1. The van der Waals surface area contributed by atoms with Crippen LogP contribution >= 0.6 is 11.8 Å². The van der Waals surface area contributed by atoms with Gasteiger partial charge >= 0.3 is 0 Å². The number of anilines is 1. The minimum absolute atomic E-state index is 0.241. The highest BCUT2D eigenvalue weighted by Crippen LogP contribution is 2.32. The van der Waals surface area contributed by atoms with E-state index in [9.17, 15) is 4.79 Å². The van der Waals surface area contributed by atoms with Gasteiger partial charge in [-0.25, -0.2) is 4.42 Å². The van der Waals surface area contributed by atoms with Crippen LogP contribution in [-0.2, 0) is 12.8 Å². The standard InChI is InChI=1S/C15H13ClN2O/c16-18(15(19)12-6-3-9-17-10-12)14-8-2-5-11-4-1-7-13(11)14/h2-3,5-6,8-10H,1,4,7H2. The number of hydrogen-bond donors (Lipinski definition) is 0. The topological polar surface area (TPSA) is 33.2 Å². The van der Waals surface area contributed by atoms with Gasteiger partial charge in [-0.05, 0) is 48.6 Å². The van der Waals surface area contributed by atoms with E-state index in [0.717, 1.165) is 24.9 Å². The molecule has 1 heterocycles. The number of aryl methyl sites for hydroxylation is 1. The molecule has 1 aromatic carbocycles. The van der Waals surface area contributed by atoms with Crippen molar-refractivity contribution in [3.05, 3.63) is 59.4 Å². The molecule has 0 radical (unpaired) electrons. The molecule has 0 N–H and O–H groups in total. The van der Waals surface area contributed by atoms with Crippen LogP contribution in [0, 0.1) is 0 Å². The zero-order valence-electron chi connectivity index (χ0n) is 10.3. The fourth-order valence-corrected chi connectivity index (χ4v) is 2.75. The van der Waals surface area contributed by atoms with Crippen molar-refractivity contribution < 1.29 is 4.79 Å². The number of carbonyl (C=O) groups excluding carboxylic acids is 1. The van der Waals surface area contributed by atoms with Crippen LogP contribution in [0.5, 0.6) is 0 Å². The normalized spacial score (nSPS) is 13.1. The van der Waals surface area contributed by atoms with E-state index >= 15 is 0 Å². The van der Waals surface area contributed by atoms with Gasteiger partial charge in [0, 0.05) is 24.2 Å². The van der Waals surface area contributed by atoms with Gasteiger partial charge in [-0.15, -0.1) is 0 Å². The molecule has 0 fully saturated rings.